The molecule has 0 saturated carbocycles. The summed E-state index contributed by atoms with van der Waals surface area (Å²) >= 11 is 0. The maximum atomic E-state index is 13.1. The number of hydrogen-bond donors (Lipinski definition) is 2. The van der Waals surface area contributed by atoms with Crippen LogP contribution in [0.3, 0.4) is 0 Å². The summed E-state index contributed by atoms with van der Waals surface area (Å²) in [5.41, 5.74) is 2.49. The first-order valence-corrected chi connectivity index (χ1v) is 9.20. The van der Waals surface area contributed by atoms with E-state index in [0.717, 1.165) is 0 Å². The van der Waals surface area contributed by atoms with Crippen LogP contribution in [-0.2, 0) is 4.74 Å². The SMILES string of the molecule is O=C(Nc1cccc(C(=O)N2CCOCC2)c1)c1cc(-c2ccc(F)cc2)n[nH]1. The van der Waals surface area contributed by atoms with Crippen LogP contribution in [0.2, 0.25) is 0 Å². The molecule has 1 aliphatic heterocycles. The number of benzene rings is 2. The molecule has 1 saturated heterocycles. The molecular weight excluding hydrogens is 375 g/mol. The lowest BCUT2D eigenvalue weighted by atomic mass is 10.1. The molecule has 4 rings (SSSR count). The molecule has 148 valence electrons. The van der Waals surface area contributed by atoms with Crippen molar-refractivity contribution in [1.82, 2.24) is 15.1 Å². The molecule has 0 aliphatic carbocycles. The van der Waals surface area contributed by atoms with Crippen molar-refractivity contribution < 1.29 is 18.7 Å². The Balaban J connectivity index is 1.46. The maximum Gasteiger partial charge on any atom is 0.273 e. The van der Waals surface area contributed by atoms with Crippen molar-refractivity contribution in [3.8, 4) is 11.3 Å². The zero-order valence-corrected chi connectivity index (χ0v) is 15.5. The minimum atomic E-state index is -0.387. The van der Waals surface area contributed by atoms with Gasteiger partial charge in [0.25, 0.3) is 11.8 Å². The van der Waals surface area contributed by atoms with E-state index in [1.54, 1.807) is 47.4 Å². The Morgan fingerprint density at radius 3 is 2.59 bits per heavy atom. The van der Waals surface area contributed by atoms with Gasteiger partial charge in [-0.25, -0.2) is 4.39 Å². The van der Waals surface area contributed by atoms with E-state index < -0.39 is 0 Å². The molecule has 1 aliphatic rings. The van der Waals surface area contributed by atoms with E-state index in [4.69, 9.17) is 4.74 Å². The fraction of sp³-hybridized carbons (Fsp3) is 0.190. The third-order valence-corrected chi connectivity index (χ3v) is 4.63. The molecule has 2 aromatic carbocycles. The number of aromatic amines is 1. The molecule has 1 fully saturated rings. The van der Waals surface area contributed by atoms with Crippen molar-refractivity contribution in [2.75, 3.05) is 31.6 Å². The fourth-order valence-corrected chi connectivity index (χ4v) is 3.08. The lowest BCUT2D eigenvalue weighted by molar-refractivity contribution is 0.0303. The molecule has 1 aromatic heterocycles. The Kier molecular flexibility index (Phi) is 5.35. The number of morpholine rings is 1. The van der Waals surface area contributed by atoms with E-state index >= 15 is 0 Å². The van der Waals surface area contributed by atoms with Crippen molar-refractivity contribution in [1.29, 1.82) is 0 Å². The van der Waals surface area contributed by atoms with E-state index in [2.05, 4.69) is 15.5 Å². The topological polar surface area (TPSA) is 87.3 Å². The Morgan fingerprint density at radius 2 is 1.83 bits per heavy atom. The number of nitrogens with one attached hydrogen (secondary N) is 2. The Bertz CT molecular complexity index is 1030. The van der Waals surface area contributed by atoms with Crippen LogP contribution < -0.4 is 5.32 Å². The number of anilines is 1. The van der Waals surface area contributed by atoms with Crippen LogP contribution in [0.1, 0.15) is 20.8 Å². The van der Waals surface area contributed by atoms with Gasteiger partial charge < -0.3 is 15.0 Å². The van der Waals surface area contributed by atoms with E-state index in [1.165, 1.54) is 12.1 Å². The second-order valence-electron chi connectivity index (χ2n) is 6.61. The minimum Gasteiger partial charge on any atom is -0.378 e. The molecular formula is C21H19FN4O3. The fourth-order valence-electron chi connectivity index (χ4n) is 3.08. The Hall–Kier alpha value is -3.52. The van der Waals surface area contributed by atoms with Gasteiger partial charge in [-0.2, -0.15) is 5.10 Å². The predicted molar refractivity (Wildman–Crippen MR) is 105 cm³/mol. The second kappa shape index (κ2) is 8.24. The first-order chi connectivity index (χ1) is 14.1. The van der Waals surface area contributed by atoms with E-state index in [9.17, 15) is 14.0 Å². The number of hydrogen-bond acceptors (Lipinski definition) is 4. The van der Waals surface area contributed by atoms with Gasteiger partial charge in [0.05, 0.1) is 18.9 Å². The quantitative estimate of drug-likeness (QED) is 0.712. The van der Waals surface area contributed by atoms with Gasteiger partial charge in [-0.15, -0.1) is 0 Å². The summed E-state index contributed by atoms with van der Waals surface area (Å²) in [7, 11) is 0. The highest BCUT2D eigenvalue weighted by Gasteiger charge is 2.19. The van der Waals surface area contributed by atoms with Crippen LogP contribution in [0, 0.1) is 5.82 Å². The molecule has 0 bridgehead atoms. The molecule has 0 radical (unpaired) electrons. The monoisotopic (exact) mass is 394 g/mol. The van der Waals surface area contributed by atoms with Crippen molar-refractivity contribution in [2.24, 2.45) is 0 Å². The average Bonchev–Trinajstić information content (AvgIpc) is 3.25. The van der Waals surface area contributed by atoms with Crippen LogP contribution in [0.15, 0.2) is 54.6 Å². The molecule has 0 spiro atoms. The molecule has 8 heteroatoms. The van der Waals surface area contributed by atoms with E-state index in [0.29, 0.717) is 48.8 Å². The number of halogens is 1. The molecule has 0 unspecified atom stereocenters. The third kappa shape index (κ3) is 4.33. The molecule has 7 nitrogen and oxygen atoms in total. The minimum absolute atomic E-state index is 0.0930. The molecule has 3 aromatic rings. The van der Waals surface area contributed by atoms with Crippen molar-refractivity contribution in [3.63, 3.8) is 0 Å². The van der Waals surface area contributed by atoms with Crippen molar-refractivity contribution in [3.05, 3.63) is 71.7 Å². The lowest BCUT2D eigenvalue weighted by Gasteiger charge is -2.27. The summed E-state index contributed by atoms with van der Waals surface area (Å²) in [5, 5.41) is 9.55. The number of rotatable bonds is 4. The van der Waals surface area contributed by atoms with Crippen LogP contribution in [0.5, 0.6) is 0 Å². The summed E-state index contributed by atoms with van der Waals surface area (Å²) in [4.78, 5) is 26.9. The smallest absolute Gasteiger partial charge is 0.273 e. The average molecular weight is 394 g/mol. The molecule has 2 amide bonds. The van der Waals surface area contributed by atoms with Gasteiger partial charge in [0.1, 0.15) is 11.5 Å². The van der Waals surface area contributed by atoms with Crippen LogP contribution in [0.25, 0.3) is 11.3 Å². The number of aromatic nitrogens is 2. The van der Waals surface area contributed by atoms with Crippen LogP contribution >= 0.6 is 0 Å². The van der Waals surface area contributed by atoms with Gasteiger partial charge in [0.2, 0.25) is 0 Å². The normalized spacial score (nSPS) is 13.9. The number of amides is 2. The number of carbonyl (C=O) groups is 2. The highest BCUT2D eigenvalue weighted by Crippen LogP contribution is 2.19. The number of nitrogens with zero attached hydrogens (tertiary/aromatic N) is 2. The summed E-state index contributed by atoms with van der Waals surface area (Å²) in [6.45, 7) is 2.15. The van der Waals surface area contributed by atoms with Crippen LogP contribution in [0.4, 0.5) is 10.1 Å². The second-order valence-corrected chi connectivity index (χ2v) is 6.61. The highest BCUT2D eigenvalue weighted by atomic mass is 19.1. The number of H-pyrrole nitrogens is 1. The Labute approximate surface area is 166 Å². The highest BCUT2D eigenvalue weighted by molar-refractivity contribution is 6.04. The van der Waals surface area contributed by atoms with Crippen molar-refractivity contribution in [2.45, 2.75) is 0 Å². The van der Waals surface area contributed by atoms with Gasteiger partial charge >= 0.3 is 0 Å². The van der Waals surface area contributed by atoms with E-state index in [-0.39, 0.29) is 23.3 Å². The van der Waals surface area contributed by atoms with Crippen molar-refractivity contribution >= 4 is 17.5 Å². The van der Waals surface area contributed by atoms with E-state index in [1.807, 2.05) is 0 Å². The first kappa shape index (κ1) is 18.8. The Morgan fingerprint density at radius 1 is 1.07 bits per heavy atom. The first-order valence-electron chi connectivity index (χ1n) is 9.20. The molecule has 2 N–H and O–H groups in total. The van der Waals surface area contributed by atoms with Gasteiger partial charge in [0, 0.05) is 29.9 Å². The zero-order valence-electron chi connectivity index (χ0n) is 15.5. The summed E-state index contributed by atoms with van der Waals surface area (Å²) in [5.74, 6) is -0.819. The van der Waals surface area contributed by atoms with Gasteiger partial charge in [-0.05, 0) is 48.5 Å². The third-order valence-electron chi connectivity index (χ3n) is 4.63. The maximum absolute atomic E-state index is 13.1. The lowest BCUT2D eigenvalue weighted by Crippen LogP contribution is -2.40. The number of ether oxygens (including phenoxy) is 1. The standard InChI is InChI=1S/C21H19FN4O3/c22-16-6-4-14(5-7-16)18-13-19(25-24-18)20(27)23-17-3-1-2-15(12-17)21(28)26-8-10-29-11-9-26/h1-7,12-13H,8-11H2,(H,23,27)(H,24,25). The zero-order chi connectivity index (χ0) is 20.2. The van der Waals surface area contributed by atoms with Gasteiger partial charge in [0.15, 0.2) is 0 Å². The largest absolute Gasteiger partial charge is 0.378 e. The molecule has 0 atom stereocenters. The van der Waals surface area contributed by atoms with Gasteiger partial charge in [-0.1, -0.05) is 6.07 Å². The van der Waals surface area contributed by atoms with Crippen LogP contribution in [-0.4, -0.2) is 53.2 Å². The molecule has 2 heterocycles. The number of carbonyl (C=O) groups excluding carboxylic acids is 2. The predicted octanol–water partition coefficient (Wildman–Crippen LogP) is 2.94. The summed E-state index contributed by atoms with van der Waals surface area (Å²) in [6, 6.07) is 14.2. The molecule has 29 heavy (non-hydrogen) atoms. The van der Waals surface area contributed by atoms with Gasteiger partial charge in [-0.3, -0.25) is 14.7 Å². The summed E-state index contributed by atoms with van der Waals surface area (Å²) < 4.78 is 18.3. The summed E-state index contributed by atoms with van der Waals surface area (Å²) in [6.07, 6.45) is 0.